The maximum Gasteiger partial charge on any atom is 0.364 e. The van der Waals surface area contributed by atoms with Crippen molar-refractivity contribution in [2.24, 2.45) is 0 Å². The van der Waals surface area contributed by atoms with E-state index in [1.807, 2.05) is 0 Å². The number of amides is 2. The second-order valence-corrected chi connectivity index (χ2v) is 19.0. The molecule has 440 valence electrons. The zero-order valence-corrected chi connectivity index (χ0v) is 42.4. The lowest BCUT2D eigenvalue weighted by atomic mass is 9.88. The zero-order chi connectivity index (χ0) is 56.9. The molecule has 1 aromatic carbocycles. The third-order valence-electron chi connectivity index (χ3n) is 13.6. The fourth-order valence-corrected chi connectivity index (χ4v) is 9.37. The van der Waals surface area contributed by atoms with Crippen LogP contribution in [0.2, 0.25) is 0 Å². The lowest BCUT2D eigenvalue weighted by molar-refractivity contribution is -0.391. The molecule has 0 radical (unpaired) electrons. The van der Waals surface area contributed by atoms with E-state index in [9.17, 15) is 90.7 Å². The minimum atomic E-state index is -3.19. The Balaban J connectivity index is 1.54. The molecule has 4 aliphatic rings. The largest absolute Gasteiger partial charge is 0.504 e. The van der Waals surface area contributed by atoms with Gasteiger partial charge in [-0.25, -0.2) is 4.79 Å². The van der Waals surface area contributed by atoms with Gasteiger partial charge in [0.2, 0.25) is 5.91 Å². The van der Waals surface area contributed by atoms with Gasteiger partial charge in [0.25, 0.3) is 11.7 Å². The SMILES string of the molecule is COC(=O)CCCCCCCCO[C@@H]1OC(CO)[C@@H](OC2OC(CO)[C@H](O)C(O[C@]3(C(=O)O)CC(O)[C@@H](NC(C)=O)C(C(O)C(O)CO)O3)C2O)C(O[C@@H]2OC(CO)[C@@H](O)C(O)C2O)C1NC(=O)c1ccc(O)c(OC)c1. The van der Waals surface area contributed by atoms with Crippen molar-refractivity contribution in [2.75, 3.05) is 47.3 Å². The molecule has 4 saturated heterocycles. The molecule has 0 saturated carbocycles. The maximum absolute atomic E-state index is 14.2. The summed E-state index contributed by atoms with van der Waals surface area (Å²) in [6.07, 6.45) is -33.2. The number of nitrogens with one attached hydrogen (secondary N) is 2. The highest BCUT2D eigenvalue weighted by Gasteiger charge is 2.61. The van der Waals surface area contributed by atoms with Crippen molar-refractivity contribution in [3.05, 3.63) is 23.8 Å². The molecular weight excluding hydrogens is 1040 g/mol. The van der Waals surface area contributed by atoms with Gasteiger partial charge in [-0.15, -0.1) is 0 Å². The fourth-order valence-electron chi connectivity index (χ4n) is 9.37. The van der Waals surface area contributed by atoms with Gasteiger partial charge >= 0.3 is 11.9 Å². The van der Waals surface area contributed by atoms with Crippen molar-refractivity contribution < 1.29 is 138 Å². The summed E-state index contributed by atoms with van der Waals surface area (Å²) < 4.78 is 57.8. The number of carbonyl (C=O) groups excluding carboxylic acids is 3. The number of unbranched alkanes of at least 4 members (excludes halogenated alkanes) is 5. The second kappa shape index (κ2) is 29.4. The lowest BCUT2D eigenvalue weighted by Crippen LogP contribution is -2.71. The summed E-state index contributed by atoms with van der Waals surface area (Å²) in [6.45, 7) is -3.24. The summed E-state index contributed by atoms with van der Waals surface area (Å²) in [5, 5.41) is 156. The molecule has 16 N–H and O–H groups in total. The van der Waals surface area contributed by atoms with Crippen LogP contribution in [-0.2, 0) is 57.0 Å². The predicted octanol–water partition coefficient (Wildman–Crippen LogP) is -6.32. The van der Waals surface area contributed by atoms with Gasteiger partial charge in [-0.2, -0.15) is 0 Å². The Hall–Kier alpha value is -4.10. The molecule has 14 unspecified atom stereocenters. The molecular formula is C47H74N2O28. The second-order valence-electron chi connectivity index (χ2n) is 19.0. The fraction of sp³-hybridized carbons (Fsp3) is 0.787. The van der Waals surface area contributed by atoms with Crippen LogP contribution >= 0.6 is 0 Å². The first-order valence-corrected chi connectivity index (χ1v) is 25.0. The van der Waals surface area contributed by atoms with E-state index in [1.165, 1.54) is 20.3 Å². The molecule has 2 amide bonds. The highest BCUT2D eigenvalue weighted by molar-refractivity contribution is 5.95. The Labute approximate surface area is 440 Å². The van der Waals surface area contributed by atoms with Gasteiger partial charge in [-0.3, -0.25) is 14.4 Å². The lowest BCUT2D eigenvalue weighted by Gasteiger charge is -2.51. The summed E-state index contributed by atoms with van der Waals surface area (Å²) in [5.74, 6) is -7.80. The number of phenolic OH excluding ortho intramolecular Hbond substituents is 1. The number of aliphatic carboxylic acids is 1. The van der Waals surface area contributed by atoms with Crippen LogP contribution in [0, 0.1) is 0 Å². The topological polar surface area (TPSA) is 468 Å². The number of carboxylic acids is 1. The van der Waals surface area contributed by atoms with Crippen molar-refractivity contribution in [2.45, 2.75) is 187 Å². The summed E-state index contributed by atoms with van der Waals surface area (Å²) in [7, 11) is 2.52. The van der Waals surface area contributed by atoms with E-state index in [1.54, 1.807) is 0 Å². The van der Waals surface area contributed by atoms with Crippen LogP contribution in [0.15, 0.2) is 18.2 Å². The van der Waals surface area contributed by atoms with E-state index in [0.717, 1.165) is 31.9 Å². The first-order valence-electron chi connectivity index (χ1n) is 25.0. The van der Waals surface area contributed by atoms with E-state index in [4.69, 9.17) is 42.6 Å². The van der Waals surface area contributed by atoms with Crippen molar-refractivity contribution >= 4 is 23.8 Å². The van der Waals surface area contributed by atoms with Gasteiger partial charge in [-0.1, -0.05) is 25.7 Å². The quantitative estimate of drug-likeness (QED) is 0.0288. The summed E-state index contributed by atoms with van der Waals surface area (Å²) in [5.41, 5.74) is -0.142. The van der Waals surface area contributed by atoms with Crippen molar-refractivity contribution in [1.29, 1.82) is 0 Å². The number of carboxylic acid groups (broad SMARTS) is 1. The number of ether oxygens (including phenoxy) is 10. The number of hydrogen-bond acceptors (Lipinski definition) is 27. The molecule has 30 nitrogen and oxygen atoms in total. The van der Waals surface area contributed by atoms with Crippen molar-refractivity contribution in [3.8, 4) is 11.5 Å². The number of benzene rings is 1. The van der Waals surface area contributed by atoms with Gasteiger partial charge < -0.3 is 129 Å². The molecule has 4 fully saturated rings. The molecule has 0 aromatic heterocycles. The van der Waals surface area contributed by atoms with E-state index < -0.39 is 179 Å². The molecule has 77 heavy (non-hydrogen) atoms. The van der Waals surface area contributed by atoms with E-state index in [0.29, 0.717) is 25.7 Å². The summed E-state index contributed by atoms with van der Waals surface area (Å²) in [4.78, 5) is 51.1. The number of rotatable bonds is 27. The zero-order valence-electron chi connectivity index (χ0n) is 42.4. The Morgan fingerprint density at radius 3 is 1.91 bits per heavy atom. The Morgan fingerprint density at radius 1 is 0.714 bits per heavy atom. The molecule has 0 aliphatic carbocycles. The molecule has 30 heteroatoms. The summed E-state index contributed by atoms with van der Waals surface area (Å²) >= 11 is 0. The number of phenols is 1. The van der Waals surface area contributed by atoms with Gasteiger partial charge in [0.05, 0.1) is 52.8 Å². The molecule has 0 bridgehead atoms. The Bertz CT molecular complexity index is 2040. The number of esters is 1. The minimum absolute atomic E-state index is 0.0767. The Kier molecular flexibility index (Phi) is 24.3. The number of aliphatic hydroxyl groups is 12. The van der Waals surface area contributed by atoms with Gasteiger partial charge in [0, 0.05) is 31.9 Å². The average molecular weight is 1120 g/mol. The van der Waals surface area contributed by atoms with Crippen LogP contribution in [0.4, 0.5) is 0 Å². The monoisotopic (exact) mass is 1110 g/mol. The van der Waals surface area contributed by atoms with Crippen LogP contribution in [0.1, 0.15) is 68.6 Å². The number of methoxy groups -OCH3 is 2. The predicted molar refractivity (Wildman–Crippen MR) is 251 cm³/mol. The first kappa shape index (κ1) is 63.7. The molecule has 1 aromatic rings. The number of aliphatic hydroxyl groups excluding tert-OH is 12. The van der Waals surface area contributed by atoms with Crippen molar-refractivity contribution in [1.82, 2.24) is 10.6 Å². The highest BCUT2D eigenvalue weighted by Crippen LogP contribution is 2.40. The van der Waals surface area contributed by atoms with Crippen LogP contribution in [0.3, 0.4) is 0 Å². The minimum Gasteiger partial charge on any atom is -0.504 e. The highest BCUT2D eigenvalue weighted by atomic mass is 16.8. The molecule has 21 atom stereocenters. The van der Waals surface area contributed by atoms with Crippen LogP contribution < -0.4 is 15.4 Å². The number of carbonyl (C=O) groups is 4. The van der Waals surface area contributed by atoms with Crippen LogP contribution in [0.5, 0.6) is 11.5 Å². The number of hydrogen-bond donors (Lipinski definition) is 16. The molecule has 4 heterocycles. The third-order valence-corrected chi connectivity index (χ3v) is 13.6. The van der Waals surface area contributed by atoms with Crippen LogP contribution in [-0.4, -0.2) is 271 Å². The van der Waals surface area contributed by atoms with E-state index >= 15 is 0 Å². The van der Waals surface area contributed by atoms with Gasteiger partial charge in [-0.05, 0) is 31.0 Å². The van der Waals surface area contributed by atoms with E-state index in [2.05, 4.69) is 15.4 Å². The maximum atomic E-state index is 14.2. The standard InChI is InChI=1S/C47H74N2O28/c1-20(54)48-30-23(56)15-47(46(66)67,76-39(30)32(59)24(57)16-50)77-41-34(61)27(18-52)72-45(37(41)64)74-38-28(19-53)73-43(70-13-9-7-5-4-6-8-10-29(58)69-3)31(49-42(65)21-11-12-22(55)25(14-21)68-2)40(38)75-44-36(63)35(62)33(60)26(17-51)71-44/h11-12,14,23-24,26-28,30-41,43-45,50-53,55-57,59-64H,4-10,13,15-19H2,1-3H3,(H,48,54)(H,49,65)(H,66,67)/t23?,24?,26?,27?,28?,30-,31?,32?,33-,34+,35?,36?,37?,38-,39?,40?,41?,43-,44+,45?,47+/m1/s1. The summed E-state index contributed by atoms with van der Waals surface area (Å²) in [6, 6.07) is 0.178. The van der Waals surface area contributed by atoms with Gasteiger partial charge in [0.1, 0.15) is 91.5 Å². The number of aromatic hydroxyl groups is 1. The third kappa shape index (κ3) is 15.6. The first-order chi connectivity index (χ1) is 36.6. The average Bonchev–Trinajstić information content (AvgIpc) is 3.41. The smallest absolute Gasteiger partial charge is 0.364 e. The normalized spacial score (nSPS) is 36.3. The van der Waals surface area contributed by atoms with Crippen LogP contribution in [0.25, 0.3) is 0 Å². The molecule has 4 aliphatic heterocycles. The molecule has 5 rings (SSSR count). The molecule has 0 spiro atoms. The van der Waals surface area contributed by atoms with E-state index in [-0.39, 0.29) is 36.1 Å². The Morgan fingerprint density at radius 2 is 1.31 bits per heavy atom. The van der Waals surface area contributed by atoms with Gasteiger partial charge in [0.15, 0.2) is 30.4 Å². The van der Waals surface area contributed by atoms with Crippen molar-refractivity contribution in [3.63, 3.8) is 0 Å².